The first-order valence-corrected chi connectivity index (χ1v) is 6.31. The van der Waals surface area contributed by atoms with Gasteiger partial charge in [-0.1, -0.05) is 6.07 Å². The van der Waals surface area contributed by atoms with Crippen LogP contribution in [0.1, 0.15) is 22.5 Å². The van der Waals surface area contributed by atoms with Crippen LogP contribution in [0.2, 0.25) is 0 Å². The van der Waals surface area contributed by atoms with Crippen LogP contribution in [0.3, 0.4) is 0 Å². The van der Waals surface area contributed by atoms with Crippen LogP contribution in [0.5, 0.6) is 0 Å². The lowest BCUT2D eigenvalue weighted by Crippen LogP contribution is -2.38. The van der Waals surface area contributed by atoms with Gasteiger partial charge in [0.25, 0.3) is 0 Å². The Hall–Kier alpha value is -2.64. The van der Waals surface area contributed by atoms with Crippen molar-refractivity contribution in [3.63, 3.8) is 0 Å². The number of hydrogen-bond donors (Lipinski definition) is 3. The van der Waals surface area contributed by atoms with Gasteiger partial charge in [-0.2, -0.15) is 0 Å². The van der Waals surface area contributed by atoms with Crippen LogP contribution < -0.4 is 10.6 Å². The number of carbonyl (C=O) groups is 3. The summed E-state index contributed by atoms with van der Waals surface area (Å²) in [7, 11) is 3.13. The van der Waals surface area contributed by atoms with Crippen molar-refractivity contribution < 1.29 is 19.5 Å². The number of nitrogens with one attached hydrogen (secondary N) is 2. The lowest BCUT2D eigenvalue weighted by molar-refractivity contribution is -0.120. The summed E-state index contributed by atoms with van der Waals surface area (Å²) in [5.41, 5.74) is 0.640. The number of carboxylic acids is 1. The molecule has 0 saturated heterocycles. The number of aromatic carboxylic acids is 1. The van der Waals surface area contributed by atoms with E-state index in [4.69, 9.17) is 5.11 Å². The first-order chi connectivity index (χ1) is 9.93. The van der Waals surface area contributed by atoms with Crippen molar-refractivity contribution in [1.29, 1.82) is 0 Å². The Balaban J connectivity index is 2.41. The van der Waals surface area contributed by atoms with Crippen molar-refractivity contribution in [3.8, 4) is 0 Å². The van der Waals surface area contributed by atoms with Gasteiger partial charge in [0.05, 0.1) is 0 Å². The third kappa shape index (κ3) is 5.47. The molecule has 0 spiro atoms. The van der Waals surface area contributed by atoms with Crippen LogP contribution in [0.4, 0.5) is 4.79 Å². The normalized spacial score (nSPS) is 9.81. The maximum atomic E-state index is 11.8. The van der Waals surface area contributed by atoms with Gasteiger partial charge in [0.15, 0.2) is 0 Å². The maximum Gasteiger partial charge on any atom is 0.354 e. The van der Waals surface area contributed by atoms with Gasteiger partial charge in [-0.3, -0.25) is 4.79 Å². The Kier molecular flexibility index (Phi) is 6.12. The van der Waals surface area contributed by atoms with E-state index in [1.807, 2.05) is 0 Å². The fraction of sp³-hybridized carbons (Fsp3) is 0.385. The molecule has 0 saturated carbocycles. The molecule has 1 aromatic heterocycles. The summed E-state index contributed by atoms with van der Waals surface area (Å²) in [6.45, 7) is 0.539. The number of amides is 3. The summed E-state index contributed by atoms with van der Waals surface area (Å²) in [4.78, 5) is 38.6. The SMILES string of the molecule is CNC(=O)CCN(C)C(=O)NCc1ccc(C(=O)O)nc1. The summed E-state index contributed by atoms with van der Waals surface area (Å²) in [5, 5.41) is 13.9. The third-order valence-corrected chi connectivity index (χ3v) is 2.79. The highest BCUT2D eigenvalue weighted by Crippen LogP contribution is 2.00. The largest absolute Gasteiger partial charge is 0.477 e. The highest BCUT2D eigenvalue weighted by Gasteiger charge is 2.10. The molecule has 3 N–H and O–H groups in total. The van der Waals surface area contributed by atoms with E-state index >= 15 is 0 Å². The standard InChI is InChI=1S/C13H18N4O4/c1-14-11(18)5-6-17(2)13(21)16-8-9-3-4-10(12(19)20)15-7-9/h3-4,7H,5-6,8H2,1-2H3,(H,14,18)(H,16,21)(H,19,20). The molecule has 0 aromatic carbocycles. The van der Waals surface area contributed by atoms with Gasteiger partial charge in [0, 0.05) is 39.8 Å². The van der Waals surface area contributed by atoms with Crippen LogP contribution >= 0.6 is 0 Å². The monoisotopic (exact) mass is 294 g/mol. The van der Waals surface area contributed by atoms with E-state index in [-0.39, 0.29) is 30.6 Å². The lowest BCUT2D eigenvalue weighted by Gasteiger charge is -2.17. The molecule has 0 fully saturated rings. The fourth-order valence-electron chi connectivity index (χ4n) is 1.46. The van der Waals surface area contributed by atoms with E-state index in [9.17, 15) is 14.4 Å². The van der Waals surface area contributed by atoms with E-state index in [1.54, 1.807) is 13.1 Å². The van der Waals surface area contributed by atoms with Crippen LogP contribution in [0.25, 0.3) is 0 Å². The molecule has 0 aliphatic carbocycles. The van der Waals surface area contributed by atoms with E-state index in [1.165, 1.54) is 24.2 Å². The van der Waals surface area contributed by atoms with Gasteiger partial charge in [-0.15, -0.1) is 0 Å². The van der Waals surface area contributed by atoms with Gasteiger partial charge < -0.3 is 20.6 Å². The summed E-state index contributed by atoms with van der Waals surface area (Å²) in [6.07, 6.45) is 1.63. The predicted molar refractivity (Wildman–Crippen MR) is 74.7 cm³/mol. The summed E-state index contributed by atoms with van der Waals surface area (Å²) >= 11 is 0. The second-order valence-electron chi connectivity index (χ2n) is 4.36. The number of rotatable bonds is 6. The summed E-state index contributed by atoms with van der Waals surface area (Å²) in [6, 6.07) is 2.64. The number of nitrogens with zero attached hydrogens (tertiary/aromatic N) is 2. The smallest absolute Gasteiger partial charge is 0.354 e. The zero-order valence-corrected chi connectivity index (χ0v) is 11.9. The Morgan fingerprint density at radius 1 is 1.33 bits per heavy atom. The molecule has 3 amide bonds. The molecule has 8 heteroatoms. The number of aromatic nitrogens is 1. The average molecular weight is 294 g/mol. The Morgan fingerprint density at radius 2 is 2.05 bits per heavy atom. The van der Waals surface area contributed by atoms with Crippen molar-refractivity contribution in [2.24, 2.45) is 0 Å². The molecule has 0 atom stereocenters. The Bertz CT molecular complexity index is 515. The number of pyridine rings is 1. The van der Waals surface area contributed by atoms with Crippen molar-refractivity contribution in [3.05, 3.63) is 29.6 Å². The molecule has 0 unspecified atom stereocenters. The molecule has 21 heavy (non-hydrogen) atoms. The second kappa shape index (κ2) is 7.83. The minimum Gasteiger partial charge on any atom is -0.477 e. The fourth-order valence-corrected chi connectivity index (χ4v) is 1.46. The third-order valence-electron chi connectivity index (χ3n) is 2.79. The molecule has 1 aromatic rings. The lowest BCUT2D eigenvalue weighted by atomic mass is 10.2. The van der Waals surface area contributed by atoms with Gasteiger partial charge >= 0.3 is 12.0 Å². The van der Waals surface area contributed by atoms with E-state index < -0.39 is 5.97 Å². The number of urea groups is 1. The van der Waals surface area contributed by atoms with Gasteiger partial charge in [0.1, 0.15) is 5.69 Å². The molecule has 1 heterocycles. The molecule has 114 valence electrons. The zero-order chi connectivity index (χ0) is 15.8. The zero-order valence-electron chi connectivity index (χ0n) is 11.9. The predicted octanol–water partition coefficient (Wildman–Crippen LogP) is 0.0573. The molecule has 0 radical (unpaired) electrons. The molecule has 1 rings (SSSR count). The molecule has 8 nitrogen and oxygen atoms in total. The minimum absolute atomic E-state index is 0.0484. The summed E-state index contributed by atoms with van der Waals surface area (Å²) < 4.78 is 0. The van der Waals surface area contributed by atoms with Crippen molar-refractivity contribution in [1.82, 2.24) is 20.5 Å². The van der Waals surface area contributed by atoms with Crippen molar-refractivity contribution in [2.45, 2.75) is 13.0 Å². The molecular formula is C13H18N4O4. The number of carboxylic acid groups (broad SMARTS) is 1. The van der Waals surface area contributed by atoms with Crippen LogP contribution in [0.15, 0.2) is 18.3 Å². The average Bonchev–Trinajstić information content (AvgIpc) is 2.50. The van der Waals surface area contributed by atoms with Gasteiger partial charge in [-0.25, -0.2) is 14.6 Å². The van der Waals surface area contributed by atoms with Crippen LogP contribution in [0, 0.1) is 0 Å². The van der Waals surface area contributed by atoms with Gasteiger partial charge in [0.2, 0.25) is 5.91 Å². The minimum atomic E-state index is -1.10. The van der Waals surface area contributed by atoms with Gasteiger partial charge in [-0.05, 0) is 11.6 Å². The highest BCUT2D eigenvalue weighted by molar-refractivity contribution is 5.85. The number of hydrogen-bond acceptors (Lipinski definition) is 4. The topological polar surface area (TPSA) is 112 Å². The van der Waals surface area contributed by atoms with E-state index in [2.05, 4.69) is 15.6 Å². The first-order valence-electron chi connectivity index (χ1n) is 6.31. The van der Waals surface area contributed by atoms with Crippen LogP contribution in [-0.4, -0.2) is 53.5 Å². The Labute approximate surface area is 122 Å². The first kappa shape index (κ1) is 16.4. The molecular weight excluding hydrogens is 276 g/mol. The maximum absolute atomic E-state index is 11.8. The van der Waals surface area contributed by atoms with E-state index in [0.29, 0.717) is 12.1 Å². The quantitative estimate of drug-likeness (QED) is 0.686. The molecule has 0 bridgehead atoms. The Morgan fingerprint density at radius 3 is 2.57 bits per heavy atom. The molecule has 0 aliphatic heterocycles. The van der Waals surface area contributed by atoms with Crippen LogP contribution in [-0.2, 0) is 11.3 Å². The number of carbonyl (C=O) groups excluding carboxylic acids is 2. The second-order valence-corrected chi connectivity index (χ2v) is 4.36. The van der Waals surface area contributed by atoms with Crippen molar-refractivity contribution >= 4 is 17.9 Å². The van der Waals surface area contributed by atoms with E-state index in [0.717, 1.165) is 0 Å². The molecule has 0 aliphatic rings. The summed E-state index contributed by atoms with van der Waals surface area (Å²) in [5.74, 6) is -1.23. The highest BCUT2D eigenvalue weighted by atomic mass is 16.4. The van der Waals surface area contributed by atoms with Crippen molar-refractivity contribution in [2.75, 3.05) is 20.6 Å².